The lowest BCUT2D eigenvalue weighted by Gasteiger charge is -2.12. The highest BCUT2D eigenvalue weighted by molar-refractivity contribution is 6.30. The molecule has 0 aliphatic carbocycles. The molecule has 6 nitrogen and oxygen atoms in total. The molecule has 0 bridgehead atoms. The number of carbonyl (C=O) groups excluding carboxylic acids is 1. The van der Waals surface area contributed by atoms with E-state index in [1.165, 1.54) is 27.4 Å². The highest BCUT2D eigenvalue weighted by Crippen LogP contribution is 2.38. The van der Waals surface area contributed by atoms with Crippen molar-refractivity contribution < 1.29 is 28.5 Å². The summed E-state index contributed by atoms with van der Waals surface area (Å²) in [6, 6.07) is 10.4. The first-order valence-corrected chi connectivity index (χ1v) is 8.48. The maximum Gasteiger partial charge on any atom is 0.330 e. The number of hydrogen-bond donors (Lipinski definition) is 0. The Kier molecular flexibility index (Phi) is 7.82. The predicted octanol–water partition coefficient (Wildman–Crippen LogP) is 4.00. The minimum atomic E-state index is -0.483. The molecule has 0 N–H and O–H groups in total. The summed E-state index contributed by atoms with van der Waals surface area (Å²) < 4.78 is 26.4. The lowest BCUT2D eigenvalue weighted by Crippen LogP contribution is -2.10. The number of esters is 1. The van der Waals surface area contributed by atoms with Crippen molar-refractivity contribution in [3.8, 4) is 23.0 Å². The van der Waals surface area contributed by atoms with Crippen molar-refractivity contribution in [1.82, 2.24) is 0 Å². The Morgan fingerprint density at radius 1 is 0.963 bits per heavy atom. The Morgan fingerprint density at radius 2 is 1.59 bits per heavy atom. The zero-order chi connectivity index (χ0) is 19.6. The van der Waals surface area contributed by atoms with Gasteiger partial charge in [-0.05, 0) is 48.0 Å². The molecule has 0 saturated heterocycles. The van der Waals surface area contributed by atoms with E-state index in [-0.39, 0.29) is 13.2 Å². The molecule has 2 rings (SSSR count). The highest BCUT2D eigenvalue weighted by atomic mass is 35.5. The standard InChI is InChI=1S/C20H21ClO6/c1-23-17-12-14(13-18(24-2)20(17)25-3)4-9-19(22)27-11-10-26-16-7-5-15(21)6-8-16/h4-9,12-13H,10-11H2,1-3H3/b9-4+. The molecule has 0 aromatic heterocycles. The maximum atomic E-state index is 11.8. The van der Waals surface area contributed by atoms with E-state index < -0.39 is 5.97 Å². The van der Waals surface area contributed by atoms with Crippen LogP contribution in [0.15, 0.2) is 42.5 Å². The largest absolute Gasteiger partial charge is 0.493 e. The second-order valence-electron chi connectivity index (χ2n) is 5.26. The van der Waals surface area contributed by atoms with Gasteiger partial charge < -0.3 is 23.7 Å². The van der Waals surface area contributed by atoms with E-state index in [0.717, 1.165) is 0 Å². The summed E-state index contributed by atoms with van der Waals surface area (Å²) in [5, 5.41) is 0.630. The summed E-state index contributed by atoms with van der Waals surface area (Å²) in [6.45, 7) is 0.368. The minimum absolute atomic E-state index is 0.126. The third-order valence-corrected chi connectivity index (χ3v) is 3.76. The number of carbonyl (C=O) groups is 1. The molecule has 0 aliphatic rings. The first-order chi connectivity index (χ1) is 13.1. The van der Waals surface area contributed by atoms with E-state index in [1.807, 2.05) is 0 Å². The summed E-state index contributed by atoms with van der Waals surface area (Å²) in [5.41, 5.74) is 0.707. The molecule has 2 aromatic rings. The van der Waals surface area contributed by atoms with Gasteiger partial charge in [-0.2, -0.15) is 0 Å². The summed E-state index contributed by atoms with van der Waals surface area (Å²) in [6.07, 6.45) is 2.93. The molecule has 0 spiro atoms. The second kappa shape index (κ2) is 10.3. The van der Waals surface area contributed by atoms with Crippen LogP contribution in [0.25, 0.3) is 6.08 Å². The van der Waals surface area contributed by atoms with Crippen LogP contribution in [-0.2, 0) is 9.53 Å². The van der Waals surface area contributed by atoms with Crippen LogP contribution in [0.1, 0.15) is 5.56 Å². The number of ether oxygens (including phenoxy) is 5. The summed E-state index contributed by atoms with van der Waals surface area (Å²) >= 11 is 5.80. The minimum Gasteiger partial charge on any atom is -0.493 e. The average molecular weight is 393 g/mol. The Bertz CT molecular complexity index is 761. The summed E-state index contributed by atoms with van der Waals surface area (Å²) in [7, 11) is 4.58. The van der Waals surface area contributed by atoms with Gasteiger partial charge in [0.25, 0.3) is 0 Å². The molecule has 0 fully saturated rings. The Morgan fingerprint density at radius 3 is 2.15 bits per heavy atom. The van der Waals surface area contributed by atoms with Crippen LogP contribution in [-0.4, -0.2) is 40.5 Å². The monoisotopic (exact) mass is 392 g/mol. The van der Waals surface area contributed by atoms with Gasteiger partial charge in [0.2, 0.25) is 5.75 Å². The smallest absolute Gasteiger partial charge is 0.330 e. The molecule has 0 radical (unpaired) electrons. The molecule has 0 aliphatic heterocycles. The number of benzene rings is 2. The second-order valence-corrected chi connectivity index (χ2v) is 5.70. The molecule has 0 atom stereocenters. The molecule has 27 heavy (non-hydrogen) atoms. The number of hydrogen-bond acceptors (Lipinski definition) is 6. The zero-order valence-corrected chi connectivity index (χ0v) is 16.1. The van der Waals surface area contributed by atoms with Crippen molar-refractivity contribution in [1.29, 1.82) is 0 Å². The van der Waals surface area contributed by atoms with Gasteiger partial charge in [-0.15, -0.1) is 0 Å². The van der Waals surface area contributed by atoms with Gasteiger partial charge in [0.15, 0.2) is 11.5 Å². The fraction of sp³-hybridized carbons (Fsp3) is 0.250. The van der Waals surface area contributed by atoms with Crippen LogP contribution in [0.2, 0.25) is 5.02 Å². The highest BCUT2D eigenvalue weighted by Gasteiger charge is 2.12. The van der Waals surface area contributed by atoms with Gasteiger partial charge in [-0.1, -0.05) is 11.6 Å². The Labute approximate surface area is 163 Å². The molecule has 0 heterocycles. The van der Waals surface area contributed by atoms with Gasteiger partial charge in [-0.25, -0.2) is 4.79 Å². The third kappa shape index (κ3) is 6.11. The van der Waals surface area contributed by atoms with Crippen molar-refractivity contribution in [2.45, 2.75) is 0 Å². The lowest BCUT2D eigenvalue weighted by molar-refractivity contribution is -0.138. The molecular formula is C20H21ClO6. The van der Waals surface area contributed by atoms with E-state index in [9.17, 15) is 4.79 Å². The zero-order valence-electron chi connectivity index (χ0n) is 15.4. The van der Waals surface area contributed by atoms with E-state index in [4.69, 9.17) is 35.3 Å². The van der Waals surface area contributed by atoms with Gasteiger partial charge in [0, 0.05) is 11.1 Å². The van der Waals surface area contributed by atoms with Gasteiger partial charge >= 0.3 is 5.97 Å². The molecule has 144 valence electrons. The van der Waals surface area contributed by atoms with Crippen LogP contribution in [0, 0.1) is 0 Å². The molecule has 2 aromatic carbocycles. The van der Waals surface area contributed by atoms with E-state index in [1.54, 1.807) is 42.5 Å². The van der Waals surface area contributed by atoms with Crippen molar-refractivity contribution in [3.05, 3.63) is 53.1 Å². The van der Waals surface area contributed by atoms with Crippen LogP contribution in [0.5, 0.6) is 23.0 Å². The van der Waals surface area contributed by atoms with Crippen LogP contribution < -0.4 is 18.9 Å². The Balaban J connectivity index is 1.87. The van der Waals surface area contributed by atoms with Gasteiger partial charge in [-0.3, -0.25) is 0 Å². The lowest BCUT2D eigenvalue weighted by atomic mass is 10.1. The summed E-state index contributed by atoms with van der Waals surface area (Å²) in [5.74, 6) is 1.66. The fourth-order valence-corrected chi connectivity index (χ4v) is 2.37. The van der Waals surface area contributed by atoms with E-state index in [2.05, 4.69) is 0 Å². The first kappa shape index (κ1) is 20.5. The molecule has 0 unspecified atom stereocenters. The maximum absolute atomic E-state index is 11.8. The van der Waals surface area contributed by atoms with Crippen molar-refractivity contribution >= 4 is 23.6 Å². The van der Waals surface area contributed by atoms with Crippen LogP contribution >= 0.6 is 11.6 Å². The number of rotatable bonds is 9. The molecule has 0 amide bonds. The van der Waals surface area contributed by atoms with Crippen molar-refractivity contribution in [2.24, 2.45) is 0 Å². The van der Waals surface area contributed by atoms with E-state index >= 15 is 0 Å². The SMILES string of the molecule is COc1cc(/C=C/C(=O)OCCOc2ccc(Cl)cc2)cc(OC)c1OC. The first-order valence-electron chi connectivity index (χ1n) is 8.10. The van der Waals surface area contributed by atoms with Crippen molar-refractivity contribution in [3.63, 3.8) is 0 Å². The van der Waals surface area contributed by atoms with Crippen LogP contribution in [0.3, 0.4) is 0 Å². The average Bonchev–Trinajstić information content (AvgIpc) is 2.70. The normalized spacial score (nSPS) is 10.5. The summed E-state index contributed by atoms with van der Waals surface area (Å²) in [4.78, 5) is 11.8. The topological polar surface area (TPSA) is 63.2 Å². The van der Waals surface area contributed by atoms with Gasteiger partial charge in [0.05, 0.1) is 21.3 Å². The van der Waals surface area contributed by atoms with Crippen LogP contribution in [0.4, 0.5) is 0 Å². The van der Waals surface area contributed by atoms with E-state index in [0.29, 0.717) is 33.6 Å². The van der Waals surface area contributed by atoms with Gasteiger partial charge in [0.1, 0.15) is 19.0 Å². The third-order valence-electron chi connectivity index (χ3n) is 3.51. The molecular weight excluding hydrogens is 372 g/mol. The number of halogens is 1. The van der Waals surface area contributed by atoms with Crippen molar-refractivity contribution in [2.75, 3.05) is 34.5 Å². The number of methoxy groups -OCH3 is 3. The predicted molar refractivity (Wildman–Crippen MR) is 103 cm³/mol. The quantitative estimate of drug-likeness (QED) is 0.365. The fourth-order valence-electron chi connectivity index (χ4n) is 2.24. The molecule has 0 saturated carbocycles. The molecule has 7 heteroatoms. The Hall–Kier alpha value is -2.86.